The number of nitro benzene ring substituents is 1. The van der Waals surface area contributed by atoms with Crippen LogP contribution in [0.15, 0.2) is 23.7 Å². The molecule has 0 radical (unpaired) electrons. The average Bonchev–Trinajstić information content (AvgIpc) is 2.81. The SMILES string of the molecule is Cc1ccc(C(=O)Nc2nncs2)cc1[N+](=O)[O-]. The Balaban J connectivity index is 2.26. The predicted molar refractivity (Wildman–Crippen MR) is 65.7 cm³/mol. The highest BCUT2D eigenvalue weighted by Crippen LogP contribution is 2.20. The molecule has 0 fully saturated rings. The minimum Gasteiger partial charge on any atom is -0.296 e. The van der Waals surface area contributed by atoms with Gasteiger partial charge in [0.25, 0.3) is 11.6 Å². The highest BCUT2D eigenvalue weighted by molar-refractivity contribution is 7.13. The monoisotopic (exact) mass is 264 g/mol. The Morgan fingerprint density at radius 1 is 1.50 bits per heavy atom. The van der Waals surface area contributed by atoms with Gasteiger partial charge < -0.3 is 0 Å². The topological polar surface area (TPSA) is 98.0 Å². The van der Waals surface area contributed by atoms with Crippen molar-refractivity contribution in [1.29, 1.82) is 0 Å². The smallest absolute Gasteiger partial charge is 0.273 e. The molecule has 2 aromatic rings. The second-order valence-electron chi connectivity index (χ2n) is 3.46. The molecule has 1 amide bonds. The molecule has 2 rings (SSSR count). The Morgan fingerprint density at radius 3 is 2.89 bits per heavy atom. The van der Waals surface area contributed by atoms with Crippen molar-refractivity contribution in [2.75, 3.05) is 5.32 Å². The normalized spacial score (nSPS) is 10.1. The summed E-state index contributed by atoms with van der Waals surface area (Å²) >= 11 is 1.17. The van der Waals surface area contributed by atoms with E-state index in [0.717, 1.165) is 0 Å². The maximum Gasteiger partial charge on any atom is 0.273 e. The molecule has 0 spiro atoms. The zero-order valence-corrected chi connectivity index (χ0v) is 10.1. The summed E-state index contributed by atoms with van der Waals surface area (Å²) in [6, 6.07) is 4.30. The van der Waals surface area contributed by atoms with Crippen molar-refractivity contribution in [3.8, 4) is 0 Å². The van der Waals surface area contributed by atoms with Crippen LogP contribution in [0.5, 0.6) is 0 Å². The molecule has 0 saturated heterocycles. The fourth-order valence-corrected chi connectivity index (χ4v) is 1.78. The number of hydrogen-bond acceptors (Lipinski definition) is 6. The molecule has 1 heterocycles. The van der Waals surface area contributed by atoms with Crippen LogP contribution in [-0.4, -0.2) is 21.0 Å². The average molecular weight is 264 g/mol. The maximum atomic E-state index is 11.8. The zero-order chi connectivity index (χ0) is 13.1. The van der Waals surface area contributed by atoms with E-state index in [2.05, 4.69) is 15.5 Å². The molecule has 1 aromatic heterocycles. The van der Waals surface area contributed by atoms with Crippen molar-refractivity contribution in [3.05, 3.63) is 45.0 Å². The highest BCUT2D eigenvalue weighted by atomic mass is 32.1. The number of carbonyl (C=O) groups excluding carboxylic acids is 1. The van der Waals surface area contributed by atoms with Gasteiger partial charge in [0.1, 0.15) is 5.51 Å². The molecule has 0 saturated carbocycles. The van der Waals surface area contributed by atoms with Crippen LogP contribution in [0.4, 0.5) is 10.8 Å². The second-order valence-corrected chi connectivity index (χ2v) is 4.29. The first-order valence-corrected chi connectivity index (χ1v) is 5.78. The van der Waals surface area contributed by atoms with Crippen molar-refractivity contribution < 1.29 is 9.72 Å². The number of benzene rings is 1. The first-order chi connectivity index (χ1) is 8.58. The fourth-order valence-electron chi connectivity index (χ4n) is 1.34. The Hall–Kier alpha value is -2.35. The number of nitro groups is 1. The molecule has 7 nitrogen and oxygen atoms in total. The standard InChI is InChI=1S/C10H8N4O3S/c1-6-2-3-7(4-8(6)14(16)17)9(15)12-10-13-11-5-18-10/h2-5H,1H3,(H,12,13,15). The van der Waals surface area contributed by atoms with Crippen molar-refractivity contribution in [3.63, 3.8) is 0 Å². The molecule has 1 aromatic carbocycles. The minimum atomic E-state index is -0.517. The number of anilines is 1. The number of rotatable bonds is 3. The Labute approximate surface area is 106 Å². The second kappa shape index (κ2) is 4.88. The Kier molecular flexibility index (Phi) is 3.28. The molecular weight excluding hydrogens is 256 g/mol. The van der Waals surface area contributed by atoms with Gasteiger partial charge >= 0.3 is 0 Å². The van der Waals surface area contributed by atoms with Crippen molar-refractivity contribution >= 4 is 28.1 Å². The Bertz CT molecular complexity index is 597. The van der Waals surface area contributed by atoms with Crippen molar-refractivity contribution in [2.24, 2.45) is 0 Å². The first-order valence-electron chi connectivity index (χ1n) is 4.90. The predicted octanol–water partition coefficient (Wildman–Crippen LogP) is 2.01. The fraction of sp³-hybridized carbons (Fsp3) is 0.100. The van der Waals surface area contributed by atoms with Crippen LogP contribution >= 0.6 is 11.3 Å². The summed E-state index contributed by atoms with van der Waals surface area (Å²) in [5.41, 5.74) is 2.11. The number of hydrogen-bond donors (Lipinski definition) is 1. The maximum absolute atomic E-state index is 11.8. The molecule has 0 aliphatic carbocycles. The first kappa shape index (κ1) is 12.1. The van der Waals surface area contributed by atoms with Gasteiger partial charge in [0.05, 0.1) is 4.92 Å². The van der Waals surface area contributed by atoms with Gasteiger partial charge in [0.2, 0.25) is 5.13 Å². The third kappa shape index (κ3) is 2.48. The van der Waals surface area contributed by atoms with E-state index in [1.807, 2.05) is 0 Å². The lowest BCUT2D eigenvalue weighted by molar-refractivity contribution is -0.385. The van der Waals surface area contributed by atoms with Crippen LogP contribution in [0.1, 0.15) is 15.9 Å². The quantitative estimate of drug-likeness (QED) is 0.675. The summed E-state index contributed by atoms with van der Waals surface area (Å²) in [4.78, 5) is 22.1. The van der Waals surface area contributed by atoms with Gasteiger partial charge in [-0.05, 0) is 13.0 Å². The molecule has 1 N–H and O–H groups in total. The largest absolute Gasteiger partial charge is 0.296 e. The molecule has 0 aliphatic rings. The summed E-state index contributed by atoms with van der Waals surface area (Å²) in [6.07, 6.45) is 0. The molecule has 18 heavy (non-hydrogen) atoms. The molecule has 0 atom stereocenters. The molecule has 0 bridgehead atoms. The van der Waals surface area contributed by atoms with E-state index < -0.39 is 10.8 Å². The van der Waals surface area contributed by atoms with E-state index in [1.54, 1.807) is 6.92 Å². The Morgan fingerprint density at radius 2 is 2.28 bits per heavy atom. The molecular formula is C10H8N4O3S. The number of aromatic nitrogens is 2. The molecule has 92 valence electrons. The number of carbonyl (C=O) groups is 1. The van der Waals surface area contributed by atoms with Gasteiger partial charge in [-0.15, -0.1) is 10.2 Å². The molecule has 8 heteroatoms. The van der Waals surface area contributed by atoms with Crippen molar-refractivity contribution in [2.45, 2.75) is 6.92 Å². The number of nitrogens with one attached hydrogen (secondary N) is 1. The van der Waals surface area contributed by atoms with Crippen LogP contribution in [0, 0.1) is 17.0 Å². The van der Waals surface area contributed by atoms with Crippen LogP contribution in [-0.2, 0) is 0 Å². The van der Waals surface area contributed by atoms with E-state index >= 15 is 0 Å². The van der Waals surface area contributed by atoms with Crippen LogP contribution in [0.2, 0.25) is 0 Å². The lowest BCUT2D eigenvalue weighted by atomic mass is 10.1. The van der Waals surface area contributed by atoms with Gasteiger partial charge in [-0.25, -0.2) is 0 Å². The summed E-state index contributed by atoms with van der Waals surface area (Å²) in [5.74, 6) is -0.449. The summed E-state index contributed by atoms with van der Waals surface area (Å²) in [7, 11) is 0. The summed E-state index contributed by atoms with van der Waals surface area (Å²) < 4.78 is 0. The van der Waals surface area contributed by atoms with Gasteiger partial charge in [-0.3, -0.25) is 20.2 Å². The van der Waals surface area contributed by atoms with E-state index in [0.29, 0.717) is 10.7 Å². The van der Waals surface area contributed by atoms with Crippen LogP contribution in [0.25, 0.3) is 0 Å². The molecule has 0 unspecified atom stereocenters. The third-order valence-electron chi connectivity index (χ3n) is 2.25. The summed E-state index contributed by atoms with van der Waals surface area (Å²) in [6.45, 7) is 1.62. The minimum absolute atomic E-state index is 0.0834. The van der Waals surface area contributed by atoms with Gasteiger partial charge in [0.15, 0.2) is 0 Å². The third-order valence-corrected chi connectivity index (χ3v) is 2.86. The number of nitrogens with zero attached hydrogens (tertiary/aromatic N) is 3. The van der Waals surface area contributed by atoms with Gasteiger partial charge in [-0.1, -0.05) is 17.4 Å². The molecule has 0 aliphatic heterocycles. The number of aryl methyl sites for hydroxylation is 1. The zero-order valence-electron chi connectivity index (χ0n) is 9.28. The van der Waals surface area contributed by atoms with Gasteiger partial charge in [0, 0.05) is 17.2 Å². The highest BCUT2D eigenvalue weighted by Gasteiger charge is 2.15. The van der Waals surface area contributed by atoms with E-state index in [4.69, 9.17) is 0 Å². The van der Waals surface area contributed by atoms with Gasteiger partial charge in [-0.2, -0.15) is 0 Å². The van der Waals surface area contributed by atoms with Crippen molar-refractivity contribution in [1.82, 2.24) is 10.2 Å². The van der Waals surface area contributed by atoms with E-state index in [1.165, 1.54) is 35.0 Å². The number of amides is 1. The van der Waals surface area contributed by atoms with Crippen LogP contribution < -0.4 is 5.32 Å². The summed E-state index contributed by atoms with van der Waals surface area (Å²) in [5, 5.41) is 20.9. The van der Waals surface area contributed by atoms with Crippen LogP contribution in [0.3, 0.4) is 0 Å². The lowest BCUT2D eigenvalue weighted by Crippen LogP contribution is -2.12. The van der Waals surface area contributed by atoms with E-state index in [-0.39, 0.29) is 11.3 Å². The lowest BCUT2D eigenvalue weighted by Gasteiger charge is -2.02. The van der Waals surface area contributed by atoms with E-state index in [9.17, 15) is 14.9 Å².